The van der Waals surface area contributed by atoms with Crippen LogP contribution < -0.4 is 14.8 Å². The molecule has 0 unspecified atom stereocenters. The van der Waals surface area contributed by atoms with Crippen LogP contribution in [0.3, 0.4) is 0 Å². The zero-order valence-corrected chi connectivity index (χ0v) is 26.2. The summed E-state index contributed by atoms with van der Waals surface area (Å²) in [6.45, 7) is 1.49. The van der Waals surface area contributed by atoms with Crippen LogP contribution in [0, 0.1) is 5.82 Å². The maximum atomic E-state index is 13.8. The predicted octanol–water partition coefficient (Wildman–Crippen LogP) is 7.10. The molecule has 0 atom stereocenters. The number of likely N-dealkylation sites (tertiary alicyclic amines) is 1. The predicted molar refractivity (Wildman–Crippen MR) is 170 cm³/mol. The SMILES string of the molecule is CS(=O)(=O)Nc1ccc(Oc2ccc(CN3CCC(N(Cc4ncccc4C(F)(F)F)C(=O)Nc4ccc(F)cc4)CC3)cc2)cc1. The van der Waals surface area contributed by atoms with Gasteiger partial charge >= 0.3 is 12.2 Å². The van der Waals surface area contributed by atoms with E-state index < -0.39 is 33.6 Å². The molecule has 1 aromatic heterocycles. The van der Waals surface area contributed by atoms with Crippen LogP contribution in [0.25, 0.3) is 0 Å². The van der Waals surface area contributed by atoms with Gasteiger partial charge in [-0.05, 0) is 91.2 Å². The number of nitrogens with zero attached hydrogens (tertiary/aromatic N) is 3. The molecule has 0 bridgehead atoms. The number of urea groups is 1. The van der Waals surface area contributed by atoms with E-state index >= 15 is 0 Å². The summed E-state index contributed by atoms with van der Waals surface area (Å²) in [4.78, 5) is 21.0. The van der Waals surface area contributed by atoms with E-state index in [0.29, 0.717) is 55.3 Å². The number of ether oxygens (including phenoxy) is 1. The molecule has 47 heavy (non-hydrogen) atoms. The number of piperidine rings is 1. The summed E-state index contributed by atoms with van der Waals surface area (Å²) in [6, 6.07) is 20.4. The van der Waals surface area contributed by atoms with Crippen molar-refractivity contribution < 1.29 is 35.5 Å². The Kier molecular flexibility index (Phi) is 10.3. The molecule has 1 aliphatic heterocycles. The van der Waals surface area contributed by atoms with Crippen molar-refractivity contribution in [2.75, 3.05) is 29.4 Å². The second-order valence-electron chi connectivity index (χ2n) is 11.2. The molecule has 248 valence electrons. The smallest absolute Gasteiger partial charge is 0.418 e. The Balaban J connectivity index is 1.21. The van der Waals surface area contributed by atoms with Crippen molar-refractivity contribution in [1.82, 2.24) is 14.8 Å². The maximum absolute atomic E-state index is 13.8. The number of amides is 2. The minimum atomic E-state index is -4.63. The first-order valence-electron chi connectivity index (χ1n) is 14.7. The van der Waals surface area contributed by atoms with Crippen molar-refractivity contribution in [3.63, 3.8) is 0 Å². The number of pyridine rings is 1. The van der Waals surface area contributed by atoms with E-state index in [1.807, 2.05) is 24.3 Å². The third kappa shape index (κ3) is 9.66. The summed E-state index contributed by atoms with van der Waals surface area (Å²) < 4.78 is 85.7. The van der Waals surface area contributed by atoms with E-state index in [0.717, 1.165) is 17.9 Å². The molecule has 0 spiro atoms. The molecule has 0 saturated carbocycles. The largest absolute Gasteiger partial charge is 0.457 e. The minimum Gasteiger partial charge on any atom is -0.457 e. The van der Waals surface area contributed by atoms with Crippen molar-refractivity contribution >= 4 is 27.4 Å². The van der Waals surface area contributed by atoms with Crippen molar-refractivity contribution in [3.05, 3.63) is 114 Å². The number of anilines is 2. The first-order valence-corrected chi connectivity index (χ1v) is 16.6. The number of carbonyl (C=O) groups excluding carboxylic acids is 1. The summed E-state index contributed by atoms with van der Waals surface area (Å²) in [7, 11) is -3.38. The van der Waals surface area contributed by atoms with Gasteiger partial charge in [0.15, 0.2) is 0 Å². The molecule has 5 rings (SSSR count). The quantitative estimate of drug-likeness (QED) is 0.174. The molecule has 14 heteroatoms. The third-order valence-electron chi connectivity index (χ3n) is 7.59. The van der Waals surface area contributed by atoms with Gasteiger partial charge in [-0.2, -0.15) is 13.2 Å². The average Bonchev–Trinajstić information content (AvgIpc) is 3.02. The summed E-state index contributed by atoms with van der Waals surface area (Å²) in [6.07, 6.45) is -1.23. The Hall–Kier alpha value is -4.69. The number of rotatable bonds is 10. The number of hydrogen-bond acceptors (Lipinski definition) is 6. The van der Waals surface area contributed by atoms with E-state index in [-0.39, 0.29) is 18.3 Å². The molecule has 1 fully saturated rings. The lowest BCUT2D eigenvalue weighted by molar-refractivity contribution is -0.138. The Morgan fingerprint density at radius 1 is 0.936 bits per heavy atom. The molecule has 1 aliphatic rings. The topological polar surface area (TPSA) is 104 Å². The van der Waals surface area contributed by atoms with Crippen molar-refractivity contribution in [3.8, 4) is 11.5 Å². The second kappa shape index (κ2) is 14.4. The molecule has 2 N–H and O–H groups in total. The monoisotopic (exact) mass is 671 g/mol. The molecule has 4 aromatic rings. The fraction of sp³-hybridized carbons (Fsp3) is 0.273. The molecular weight excluding hydrogens is 638 g/mol. The van der Waals surface area contributed by atoms with E-state index in [1.165, 1.54) is 41.4 Å². The molecule has 9 nitrogen and oxygen atoms in total. The Bertz CT molecular complexity index is 1760. The highest BCUT2D eigenvalue weighted by atomic mass is 32.2. The van der Waals surface area contributed by atoms with Crippen molar-refractivity contribution in [1.29, 1.82) is 0 Å². The lowest BCUT2D eigenvalue weighted by Gasteiger charge is -2.38. The summed E-state index contributed by atoms with van der Waals surface area (Å²) in [5.74, 6) is 0.667. The summed E-state index contributed by atoms with van der Waals surface area (Å²) in [5, 5.41) is 2.69. The third-order valence-corrected chi connectivity index (χ3v) is 8.20. The number of aromatic nitrogens is 1. The molecular formula is C33H33F4N5O4S. The van der Waals surface area contributed by atoms with E-state index in [1.54, 1.807) is 24.3 Å². The van der Waals surface area contributed by atoms with Gasteiger partial charge in [-0.1, -0.05) is 12.1 Å². The van der Waals surface area contributed by atoms with Crippen LogP contribution in [0.1, 0.15) is 29.7 Å². The van der Waals surface area contributed by atoms with E-state index in [4.69, 9.17) is 4.74 Å². The van der Waals surface area contributed by atoms with Gasteiger partial charge in [0.2, 0.25) is 10.0 Å². The number of alkyl halides is 3. The van der Waals surface area contributed by atoms with Crippen LogP contribution in [0.15, 0.2) is 91.1 Å². The fourth-order valence-corrected chi connectivity index (χ4v) is 5.89. The second-order valence-corrected chi connectivity index (χ2v) is 13.0. The number of benzene rings is 3. The Morgan fingerprint density at radius 2 is 1.53 bits per heavy atom. The van der Waals surface area contributed by atoms with Crippen LogP contribution >= 0.6 is 0 Å². The lowest BCUT2D eigenvalue weighted by Crippen LogP contribution is -2.48. The highest BCUT2D eigenvalue weighted by Crippen LogP contribution is 2.33. The van der Waals surface area contributed by atoms with Crippen LogP contribution in [0.2, 0.25) is 0 Å². The first-order chi connectivity index (χ1) is 22.3. The summed E-state index contributed by atoms with van der Waals surface area (Å²) in [5.41, 5.74) is 0.631. The number of sulfonamides is 1. The highest BCUT2D eigenvalue weighted by molar-refractivity contribution is 7.92. The van der Waals surface area contributed by atoms with Crippen LogP contribution in [-0.4, -0.2) is 54.6 Å². The maximum Gasteiger partial charge on any atom is 0.418 e. The van der Waals surface area contributed by atoms with Gasteiger partial charge < -0.3 is 15.0 Å². The normalized spacial score (nSPS) is 14.4. The van der Waals surface area contributed by atoms with Gasteiger partial charge in [-0.3, -0.25) is 14.6 Å². The lowest BCUT2D eigenvalue weighted by atomic mass is 10.0. The van der Waals surface area contributed by atoms with Crippen LogP contribution in [0.5, 0.6) is 11.5 Å². The standard InChI is InChI=1S/C33H33F4N5O4S/c1-47(44,45)40-26-10-14-29(15-11-26)46-28-12-4-23(5-13-28)21-41-19-16-27(17-20-41)42(32(43)39-25-8-6-24(34)7-9-25)22-31-30(33(35,36)37)3-2-18-38-31/h2-15,18,27,40H,16-17,19-22H2,1H3,(H,39,43). The molecule has 0 radical (unpaired) electrons. The van der Waals surface area contributed by atoms with Crippen LogP contribution in [-0.2, 0) is 29.3 Å². The zero-order chi connectivity index (χ0) is 33.6. The van der Waals surface area contributed by atoms with Gasteiger partial charge in [0.1, 0.15) is 17.3 Å². The van der Waals surface area contributed by atoms with Crippen molar-refractivity contribution in [2.45, 2.75) is 38.1 Å². The van der Waals surface area contributed by atoms with Crippen LogP contribution in [0.4, 0.5) is 33.7 Å². The Morgan fingerprint density at radius 3 is 2.13 bits per heavy atom. The molecule has 3 aromatic carbocycles. The highest BCUT2D eigenvalue weighted by Gasteiger charge is 2.36. The number of carbonyl (C=O) groups is 1. The van der Waals surface area contributed by atoms with E-state index in [9.17, 15) is 30.8 Å². The molecule has 2 amide bonds. The van der Waals surface area contributed by atoms with Gasteiger partial charge in [-0.25, -0.2) is 17.6 Å². The van der Waals surface area contributed by atoms with Gasteiger partial charge in [0.25, 0.3) is 0 Å². The molecule has 2 heterocycles. The van der Waals surface area contributed by atoms with Gasteiger partial charge in [0, 0.05) is 43.2 Å². The number of halogens is 4. The fourth-order valence-electron chi connectivity index (χ4n) is 5.33. The minimum absolute atomic E-state index is 0.250. The summed E-state index contributed by atoms with van der Waals surface area (Å²) >= 11 is 0. The van der Waals surface area contributed by atoms with Crippen molar-refractivity contribution in [2.24, 2.45) is 0 Å². The average molecular weight is 672 g/mol. The van der Waals surface area contributed by atoms with Gasteiger partial charge in [-0.15, -0.1) is 0 Å². The van der Waals surface area contributed by atoms with Gasteiger partial charge in [0.05, 0.1) is 24.1 Å². The first kappa shape index (κ1) is 33.7. The zero-order valence-electron chi connectivity index (χ0n) is 25.4. The Labute approximate surface area is 270 Å². The van der Waals surface area contributed by atoms with E-state index in [2.05, 4.69) is 19.9 Å². The number of nitrogens with one attached hydrogen (secondary N) is 2. The number of hydrogen-bond donors (Lipinski definition) is 2. The molecule has 1 saturated heterocycles. The molecule has 0 aliphatic carbocycles.